The first-order chi connectivity index (χ1) is 9.72. The normalized spacial score (nSPS) is 12.8. The van der Waals surface area contributed by atoms with E-state index in [1.165, 1.54) is 11.3 Å². The minimum Gasteiger partial charge on any atom is -0.267 e. The van der Waals surface area contributed by atoms with Crippen LogP contribution in [0.3, 0.4) is 0 Å². The number of imidazole rings is 1. The lowest BCUT2D eigenvalue weighted by atomic mass is 10.3. The topological polar surface area (TPSA) is 34.4 Å². The van der Waals surface area contributed by atoms with Crippen LogP contribution in [0, 0.1) is 0 Å². The Balaban J connectivity index is 2.05. The summed E-state index contributed by atoms with van der Waals surface area (Å²) in [5, 5.41) is 0. The van der Waals surface area contributed by atoms with E-state index in [0.29, 0.717) is 4.53 Å². The first-order valence-electron chi connectivity index (χ1n) is 5.89. The van der Waals surface area contributed by atoms with E-state index in [9.17, 15) is 4.79 Å². The number of hydrogen-bond donors (Lipinski definition) is 0. The van der Waals surface area contributed by atoms with E-state index in [1.54, 1.807) is 15.7 Å². The molecule has 4 rings (SSSR count). The van der Waals surface area contributed by atoms with Crippen molar-refractivity contribution < 1.29 is 0 Å². The third-order valence-electron chi connectivity index (χ3n) is 3.01. The average molecular weight is 363 g/mol. The third-order valence-corrected chi connectivity index (χ3v) is 5.55. The number of halogens is 1. The van der Waals surface area contributed by atoms with Crippen LogP contribution in [0.1, 0.15) is 4.88 Å². The van der Waals surface area contributed by atoms with E-state index in [1.807, 2.05) is 42.5 Å². The molecule has 0 unspecified atom stereocenters. The van der Waals surface area contributed by atoms with Gasteiger partial charge < -0.3 is 0 Å². The van der Waals surface area contributed by atoms with Gasteiger partial charge in [0.1, 0.15) is 0 Å². The van der Waals surface area contributed by atoms with E-state index in [-0.39, 0.29) is 5.56 Å². The fraction of sp³-hybridized carbons (Fsp3) is 0. The summed E-state index contributed by atoms with van der Waals surface area (Å²) in [5.74, 6) is 0. The molecule has 0 aliphatic rings. The monoisotopic (exact) mass is 362 g/mol. The van der Waals surface area contributed by atoms with Gasteiger partial charge in [0.15, 0.2) is 4.96 Å². The van der Waals surface area contributed by atoms with Crippen molar-refractivity contribution in [2.75, 3.05) is 0 Å². The predicted octanol–water partition coefficient (Wildman–Crippen LogP) is 3.28. The zero-order chi connectivity index (χ0) is 13.7. The summed E-state index contributed by atoms with van der Waals surface area (Å²) in [4.78, 5) is 18.8. The fourth-order valence-electron chi connectivity index (χ4n) is 2.15. The number of thiophene rings is 1. The molecule has 4 aromatic rings. The molecular weight excluding hydrogens is 356 g/mol. The molecule has 0 amide bonds. The van der Waals surface area contributed by atoms with Gasteiger partial charge in [-0.2, -0.15) is 0 Å². The molecule has 0 fully saturated rings. The lowest BCUT2D eigenvalue weighted by Crippen LogP contribution is -2.22. The smallest absolute Gasteiger partial charge is 0.267 e. The Morgan fingerprint density at radius 1 is 1.15 bits per heavy atom. The van der Waals surface area contributed by atoms with Crippen LogP contribution in [0.5, 0.6) is 0 Å². The summed E-state index contributed by atoms with van der Waals surface area (Å²) < 4.78 is 3.46. The van der Waals surface area contributed by atoms with Crippen molar-refractivity contribution in [1.82, 2.24) is 9.38 Å². The van der Waals surface area contributed by atoms with Gasteiger partial charge in [0.2, 0.25) is 0 Å². The molecular formula is C14H7BrN2OS2. The maximum atomic E-state index is 12.5. The molecule has 1 aromatic carbocycles. The second-order valence-electron chi connectivity index (χ2n) is 4.28. The molecule has 3 aromatic heterocycles. The number of nitrogens with zero attached hydrogens (tertiary/aromatic N) is 2. The standard InChI is InChI=1S/C14H7BrN2OS2/c15-12-6-5-8(19-12)7-11-13(18)17-10-4-2-1-3-9(10)16-14(17)20-11/h1-7H/b11-7-. The van der Waals surface area contributed by atoms with Crippen LogP contribution in [0.2, 0.25) is 0 Å². The van der Waals surface area contributed by atoms with E-state index in [2.05, 4.69) is 20.9 Å². The molecule has 0 bridgehead atoms. The number of thiazole rings is 1. The minimum atomic E-state index is 0.00298. The van der Waals surface area contributed by atoms with Crippen molar-refractivity contribution in [1.29, 1.82) is 0 Å². The highest BCUT2D eigenvalue weighted by atomic mass is 79.9. The van der Waals surface area contributed by atoms with Crippen LogP contribution in [-0.4, -0.2) is 9.38 Å². The Labute approximate surface area is 129 Å². The maximum absolute atomic E-state index is 12.5. The highest BCUT2D eigenvalue weighted by Gasteiger charge is 2.10. The number of rotatable bonds is 1. The Kier molecular flexibility index (Phi) is 2.76. The van der Waals surface area contributed by atoms with E-state index >= 15 is 0 Å². The van der Waals surface area contributed by atoms with Crippen LogP contribution in [0.4, 0.5) is 0 Å². The fourth-order valence-corrected chi connectivity index (χ4v) is 4.57. The van der Waals surface area contributed by atoms with Gasteiger partial charge in [-0.25, -0.2) is 9.38 Å². The molecule has 0 N–H and O–H groups in total. The molecule has 0 radical (unpaired) electrons. The van der Waals surface area contributed by atoms with Gasteiger partial charge in [-0.05, 0) is 46.3 Å². The number of aromatic nitrogens is 2. The molecule has 98 valence electrons. The first-order valence-corrected chi connectivity index (χ1v) is 8.32. The van der Waals surface area contributed by atoms with Gasteiger partial charge >= 0.3 is 0 Å². The second kappa shape index (κ2) is 4.51. The molecule has 20 heavy (non-hydrogen) atoms. The molecule has 3 heterocycles. The summed E-state index contributed by atoms with van der Waals surface area (Å²) in [7, 11) is 0. The first kappa shape index (κ1) is 12.3. The van der Waals surface area contributed by atoms with Crippen LogP contribution >= 0.6 is 38.6 Å². The molecule has 0 aliphatic heterocycles. The molecule has 0 atom stereocenters. The highest BCUT2D eigenvalue weighted by Crippen LogP contribution is 2.22. The van der Waals surface area contributed by atoms with Crippen LogP contribution in [-0.2, 0) is 0 Å². The quantitative estimate of drug-likeness (QED) is 0.520. The van der Waals surface area contributed by atoms with Crippen molar-refractivity contribution in [3.8, 4) is 0 Å². The molecule has 3 nitrogen and oxygen atoms in total. The van der Waals surface area contributed by atoms with Gasteiger partial charge in [-0.3, -0.25) is 4.79 Å². The lowest BCUT2D eigenvalue weighted by Gasteiger charge is -1.86. The highest BCUT2D eigenvalue weighted by molar-refractivity contribution is 9.11. The van der Waals surface area contributed by atoms with Gasteiger partial charge in [0.05, 0.1) is 19.4 Å². The number of para-hydroxylation sites is 2. The SMILES string of the molecule is O=c1/c(=C/c2ccc(Br)s2)sc2nc3ccccc3n12. The Morgan fingerprint density at radius 2 is 2.00 bits per heavy atom. The van der Waals surface area contributed by atoms with Crippen molar-refractivity contribution >= 4 is 60.7 Å². The number of benzene rings is 1. The predicted molar refractivity (Wildman–Crippen MR) is 87.6 cm³/mol. The van der Waals surface area contributed by atoms with Crippen molar-refractivity contribution in [2.24, 2.45) is 0 Å². The van der Waals surface area contributed by atoms with Crippen LogP contribution in [0.25, 0.3) is 22.1 Å². The van der Waals surface area contributed by atoms with Gasteiger partial charge in [-0.1, -0.05) is 23.5 Å². The van der Waals surface area contributed by atoms with Crippen LogP contribution < -0.4 is 10.1 Å². The molecule has 0 saturated heterocycles. The van der Waals surface area contributed by atoms with Crippen molar-refractivity contribution in [3.63, 3.8) is 0 Å². The zero-order valence-corrected chi connectivity index (χ0v) is 13.3. The van der Waals surface area contributed by atoms with E-state index in [4.69, 9.17) is 0 Å². The Hall–Kier alpha value is -1.50. The molecule has 6 heteroatoms. The van der Waals surface area contributed by atoms with Gasteiger partial charge in [0, 0.05) is 4.88 Å². The maximum Gasteiger partial charge on any atom is 0.274 e. The number of fused-ring (bicyclic) bond motifs is 3. The largest absolute Gasteiger partial charge is 0.274 e. The van der Waals surface area contributed by atoms with Crippen LogP contribution in [0.15, 0.2) is 45.0 Å². The minimum absolute atomic E-state index is 0.00298. The Bertz CT molecular complexity index is 1040. The molecule has 0 aliphatic carbocycles. The van der Waals surface area contributed by atoms with Crippen molar-refractivity contribution in [3.05, 3.63) is 59.9 Å². The Morgan fingerprint density at radius 3 is 2.80 bits per heavy atom. The lowest BCUT2D eigenvalue weighted by molar-refractivity contribution is 1.19. The van der Waals surface area contributed by atoms with E-state index in [0.717, 1.165) is 24.7 Å². The zero-order valence-electron chi connectivity index (χ0n) is 10.0. The van der Waals surface area contributed by atoms with Crippen molar-refractivity contribution in [2.45, 2.75) is 0 Å². The summed E-state index contributed by atoms with van der Waals surface area (Å²) in [6.45, 7) is 0. The number of hydrogen-bond acceptors (Lipinski definition) is 4. The summed E-state index contributed by atoms with van der Waals surface area (Å²) in [5.41, 5.74) is 1.74. The van der Waals surface area contributed by atoms with E-state index < -0.39 is 0 Å². The van der Waals surface area contributed by atoms with Gasteiger partial charge in [-0.15, -0.1) is 11.3 Å². The third kappa shape index (κ3) is 1.83. The summed E-state index contributed by atoms with van der Waals surface area (Å²) in [6.07, 6.45) is 1.92. The average Bonchev–Trinajstić information content (AvgIpc) is 3.07. The molecule has 0 saturated carbocycles. The summed E-state index contributed by atoms with van der Waals surface area (Å²) in [6, 6.07) is 11.7. The van der Waals surface area contributed by atoms with Gasteiger partial charge in [0.25, 0.3) is 5.56 Å². The summed E-state index contributed by atoms with van der Waals surface area (Å²) >= 11 is 6.47. The molecule has 0 spiro atoms. The second-order valence-corrected chi connectivity index (χ2v) is 7.78.